The fourth-order valence-electron chi connectivity index (χ4n) is 1.92. The summed E-state index contributed by atoms with van der Waals surface area (Å²) in [5.74, 6) is -2.68. The van der Waals surface area contributed by atoms with Gasteiger partial charge in [-0.1, -0.05) is 41.4 Å². The van der Waals surface area contributed by atoms with Crippen LogP contribution < -0.4 is 0 Å². The molecule has 1 heterocycles. The van der Waals surface area contributed by atoms with Crippen LogP contribution in [0.1, 0.15) is 17.2 Å². The summed E-state index contributed by atoms with van der Waals surface area (Å²) in [6.45, 7) is 0. The lowest BCUT2D eigenvalue weighted by Crippen LogP contribution is -2.17. The van der Waals surface area contributed by atoms with E-state index in [0.29, 0.717) is 0 Å². The maximum atomic E-state index is 11.6. The number of aromatic nitrogens is 1. The molecule has 0 saturated carbocycles. The van der Waals surface area contributed by atoms with E-state index in [2.05, 4.69) is 4.98 Å². The van der Waals surface area contributed by atoms with Gasteiger partial charge in [-0.3, -0.25) is 14.9 Å². The average Bonchev–Trinajstić information content (AvgIpc) is 2.40. The van der Waals surface area contributed by atoms with Crippen molar-refractivity contribution < 1.29 is 14.8 Å². The van der Waals surface area contributed by atoms with Crippen molar-refractivity contribution in [1.82, 2.24) is 4.98 Å². The molecular weight excluding hydrogens is 319 g/mol. The third-order valence-electron chi connectivity index (χ3n) is 2.80. The van der Waals surface area contributed by atoms with Crippen LogP contribution in [0, 0.1) is 10.1 Å². The van der Waals surface area contributed by atoms with Crippen LogP contribution in [-0.4, -0.2) is 21.0 Å². The van der Waals surface area contributed by atoms with Gasteiger partial charge in [0.1, 0.15) is 16.8 Å². The van der Waals surface area contributed by atoms with Gasteiger partial charge in [-0.05, 0) is 17.7 Å². The molecule has 21 heavy (non-hydrogen) atoms. The van der Waals surface area contributed by atoms with Crippen LogP contribution in [0.3, 0.4) is 0 Å². The van der Waals surface area contributed by atoms with Gasteiger partial charge in [0.25, 0.3) is 5.69 Å². The van der Waals surface area contributed by atoms with Gasteiger partial charge < -0.3 is 5.11 Å². The monoisotopic (exact) mass is 326 g/mol. The van der Waals surface area contributed by atoms with Crippen molar-refractivity contribution in [3.8, 4) is 0 Å². The molecule has 0 saturated heterocycles. The van der Waals surface area contributed by atoms with Crippen molar-refractivity contribution in [2.45, 2.75) is 5.92 Å². The molecular formula is C13H8Cl2N2O4. The molecule has 2 rings (SSSR count). The highest BCUT2D eigenvalue weighted by Gasteiger charge is 2.32. The first kappa shape index (κ1) is 15.2. The number of carbonyl (C=O) groups is 1. The summed E-state index contributed by atoms with van der Waals surface area (Å²) >= 11 is 11.7. The molecule has 0 bridgehead atoms. The zero-order chi connectivity index (χ0) is 15.6. The molecule has 1 unspecified atom stereocenters. The number of nitro groups is 1. The quantitative estimate of drug-likeness (QED) is 0.527. The van der Waals surface area contributed by atoms with Gasteiger partial charge in [-0.15, -0.1) is 0 Å². The standard InChI is InChI=1S/C13H8Cl2N2O4/c14-8-4-2-1-3-7(8)11(13(18)19)12-9(17(20)21)5-6-10(15)16-12/h1-6,11H,(H,18,19). The molecule has 0 aliphatic heterocycles. The lowest BCUT2D eigenvalue weighted by molar-refractivity contribution is -0.386. The Kier molecular flexibility index (Phi) is 4.40. The van der Waals surface area contributed by atoms with Crippen molar-refractivity contribution in [3.05, 3.63) is 67.9 Å². The van der Waals surface area contributed by atoms with Crippen molar-refractivity contribution >= 4 is 34.9 Å². The Morgan fingerprint density at radius 2 is 1.90 bits per heavy atom. The summed E-state index contributed by atoms with van der Waals surface area (Å²) in [7, 11) is 0. The molecule has 0 aliphatic carbocycles. The summed E-state index contributed by atoms with van der Waals surface area (Å²) in [6.07, 6.45) is 0. The van der Waals surface area contributed by atoms with Crippen LogP contribution in [0.2, 0.25) is 10.2 Å². The molecule has 6 nitrogen and oxygen atoms in total. The van der Waals surface area contributed by atoms with Crippen LogP contribution in [0.15, 0.2) is 36.4 Å². The molecule has 8 heteroatoms. The average molecular weight is 327 g/mol. The van der Waals surface area contributed by atoms with E-state index in [1.807, 2.05) is 0 Å². The molecule has 1 aromatic carbocycles. The molecule has 108 valence electrons. The van der Waals surface area contributed by atoms with E-state index in [4.69, 9.17) is 23.2 Å². The fraction of sp³-hybridized carbons (Fsp3) is 0.0769. The Hall–Kier alpha value is -2.18. The third kappa shape index (κ3) is 3.12. The largest absolute Gasteiger partial charge is 0.480 e. The molecule has 0 spiro atoms. The summed E-state index contributed by atoms with van der Waals surface area (Å²) in [6, 6.07) is 8.56. The van der Waals surface area contributed by atoms with Gasteiger partial charge in [0.2, 0.25) is 0 Å². The zero-order valence-corrected chi connectivity index (χ0v) is 11.9. The van der Waals surface area contributed by atoms with E-state index in [9.17, 15) is 20.0 Å². The van der Waals surface area contributed by atoms with E-state index in [1.54, 1.807) is 12.1 Å². The molecule has 0 radical (unpaired) electrons. The second-order valence-corrected chi connectivity index (χ2v) is 4.88. The molecule has 1 N–H and O–H groups in total. The van der Waals surface area contributed by atoms with Crippen LogP contribution in [0.5, 0.6) is 0 Å². The van der Waals surface area contributed by atoms with Gasteiger partial charge in [-0.2, -0.15) is 0 Å². The van der Waals surface area contributed by atoms with Crippen molar-refractivity contribution in [1.29, 1.82) is 0 Å². The SMILES string of the molecule is O=C(O)C(c1ccccc1Cl)c1nc(Cl)ccc1[N+](=O)[O-]. The Morgan fingerprint density at radius 3 is 2.48 bits per heavy atom. The highest BCUT2D eigenvalue weighted by molar-refractivity contribution is 6.31. The topological polar surface area (TPSA) is 93.3 Å². The normalized spacial score (nSPS) is 11.9. The number of rotatable bonds is 4. The highest BCUT2D eigenvalue weighted by Crippen LogP contribution is 2.34. The lowest BCUT2D eigenvalue weighted by Gasteiger charge is -2.14. The second-order valence-electron chi connectivity index (χ2n) is 4.09. The number of carboxylic acid groups (broad SMARTS) is 1. The van der Waals surface area contributed by atoms with Crippen LogP contribution in [0.4, 0.5) is 5.69 Å². The van der Waals surface area contributed by atoms with Crippen LogP contribution in [-0.2, 0) is 4.79 Å². The summed E-state index contributed by atoms with van der Waals surface area (Å²) in [4.78, 5) is 25.8. The highest BCUT2D eigenvalue weighted by atomic mass is 35.5. The molecule has 0 amide bonds. The smallest absolute Gasteiger partial charge is 0.317 e. The predicted octanol–water partition coefficient (Wildman–Crippen LogP) is 3.51. The van der Waals surface area contributed by atoms with Gasteiger partial charge in [0.15, 0.2) is 0 Å². The number of benzene rings is 1. The number of hydrogen-bond acceptors (Lipinski definition) is 4. The molecule has 0 fully saturated rings. The number of nitrogens with zero attached hydrogens (tertiary/aromatic N) is 2. The van der Waals surface area contributed by atoms with Crippen molar-refractivity contribution in [2.75, 3.05) is 0 Å². The van der Waals surface area contributed by atoms with Crippen LogP contribution in [0.25, 0.3) is 0 Å². The predicted molar refractivity (Wildman–Crippen MR) is 76.8 cm³/mol. The van der Waals surface area contributed by atoms with Gasteiger partial charge in [0, 0.05) is 11.1 Å². The maximum Gasteiger partial charge on any atom is 0.317 e. The summed E-state index contributed by atoms with van der Waals surface area (Å²) in [5.41, 5.74) is -0.468. The first-order valence-corrected chi connectivity index (χ1v) is 6.45. The Bertz CT molecular complexity index is 721. The minimum atomic E-state index is -1.38. The van der Waals surface area contributed by atoms with Crippen LogP contribution >= 0.6 is 23.2 Å². The van der Waals surface area contributed by atoms with Crippen molar-refractivity contribution in [2.24, 2.45) is 0 Å². The Labute approximate surface area is 129 Å². The zero-order valence-electron chi connectivity index (χ0n) is 10.4. The van der Waals surface area contributed by atoms with E-state index in [1.165, 1.54) is 18.2 Å². The minimum absolute atomic E-state index is 0.0334. The summed E-state index contributed by atoms with van der Waals surface area (Å²) in [5, 5.41) is 20.7. The van der Waals surface area contributed by atoms with E-state index in [0.717, 1.165) is 6.07 Å². The molecule has 0 aliphatic rings. The molecule has 1 aromatic heterocycles. The first-order valence-electron chi connectivity index (χ1n) is 5.70. The van der Waals surface area contributed by atoms with Gasteiger partial charge in [0.05, 0.1) is 4.92 Å². The van der Waals surface area contributed by atoms with E-state index < -0.39 is 22.5 Å². The minimum Gasteiger partial charge on any atom is -0.480 e. The van der Waals surface area contributed by atoms with Gasteiger partial charge >= 0.3 is 5.97 Å². The molecule has 1 atom stereocenters. The van der Waals surface area contributed by atoms with E-state index >= 15 is 0 Å². The number of hydrogen-bond donors (Lipinski definition) is 1. The first-order chi connectivity index (χ1) is 9.91. The maximum absolute atomic E-state index is 11.6. The van der Waals surface area contributed by atoms with E-state index in [-0.39, 0.29) is 21.4 Å². The number of halogens is 2. The fourth-order valence-corrected chi connectivity index (χ4v) is 2.31. The molecule has 2 aromatic rings. The Morgan fingerprint density at radius 1 is 1.24 bits per heavy atom. The number of pyridine rings is 1. The lowest BCUT2D eigenvalue weighted by atomic mass is 9.94. The number of aliphatic carboxylic acids is 1. The second kappa shape index (κ2) is 6.07. The van der Waals surface area contributed by atoms with Crippen molar-refractivity contribution in [3.63, 3.8) is 0 Å². The van der Waals surface area contributed by atoms with Gasteiger partial charge in [-0.25, -0.2) is 4.98 Å². The summed E-state index contributed by atoms with van der Waals surface area (Å²) < 4.78 is 0. The Balaban J connectivity index is 2.70. The third-order valence-corrected chi connectivity index (χ3v) is 3.36. The number of carboxylic acids is 1.